The minimum atomic E-state index is -0.475. The highest BCUT2D eigenvalue weighted by atomic mass is 35.5. The van der Waals surface area contributed by atoms with Gasteiger partial charge in [0.05, 0.1) is 0 Å². The number of carbonyl (C=O) groups is 1. The van der Waals surface area contributed by atoms with Crippen LogP contribution in [0.2, 0.25) is 0 Å². The first-order valence-electron chi connectivity index (χ1n) is 5.79. The highest BCUT2D eigenvalue weighted by molar-refractivity contribution is 7.38. The van der Waals surface area contributed by atoms with Gasteiger partial charge < -0.3 is 0 Å². The molecule has 18 heavy (non-hydrogen) atoms. The van der Waals surface area contributed by atoms with Crippen LogP contribution in [0.1, 0.15) is 13.3 Å². The lowest BCUT2D eigenvalue weighted by Crippen LogP contribution is -1.92. The van der Waals surface area contributed by atoms with E-state index in [0.29, 0.717) is 11.1 Å². The first-order chi connectivity index (χ1) is 8.67. The number of hydrogen-bond donors (Lipinski definition) is 0. The average molecular weight is 279 g/mol. The molecule has 1 aliphatic rings. The van der Waals surface area contributed by atoms with Crippen LogP contribution in [0.5, 0.6) is 0 Å². The van der Waals surface area contributed by atoms with Crippen LogP contribution in [-0.2, 0) is 4.79 Å². The van der Waals surface area contributed by atoms with E-state index in [2.05, 4.69) is 24.5 Å². The predicted octanol–water partition coefficient (Wildman–Crippen LogP) is 3.82. The second-order valence-electron chi connectivity index (χ2n) is 3.77. The van der Waals surface area contributed by atoms with Crippen LogP contribution in [0, 0.1) is 11.8 Å². The van der Waals surface area contributed by atoms with Gasteiger partial charge in [-0.25, -0.2) is 0 Å². The lowest BCUT2D eigenvalue weighted by atomic mass is 10.1. The van der Waals surface area contributed by atoms with Crippen LogP contribution < -0.4 is 0 Å². The Morgan fingerprint density at radius 2 is 2.39 bits per heavy atom. The van der Waals surface area contributed by atoms with Gasteiger partial charge in [0.15, 0.2) is 0 Å². The molecule has 0 amide bonds. The monoisotopic (exact) mass is 278 g/mol. The van der Waals surface area contributed by atoms with E-state index in [4.69, 9.17) is 11.6 Å². The van der Waals surface area contributed by atoms with E-state index in [1.165, 1.54) is 11.7 Å². The van der Waals surface area contributed by atoms with Crippen molar-refractivity contribution in [2.24, 2.45) is 0 Å². The number of hydrogen-bond acceptors (Lipinski definition) is 1. The minimum absolute atomic E-state index is 0.445. The third-order valence-electron chi connectivity index (χ3n) is 2.46. The Morgan fingerprint density at radius 3 is 2.89 bits per heavy atom. The lowest BCUT2D eigenvalue weighted by molar-refractivity contribution is -0.108. The largest absolute Gasteiger partial charge is 0.276 e. The van der Waals surface area contributed by atoms with E-state index in [9.17, 15) is 4.79 Å². The molecule has 0 saturated carbocycles. The van der Waals surface area contributed by atoms with Crippen LogP contribution in [0.4, 0.5) is 0 Å². The van der Waals surface area contributed by atoms with Gasteiger partial charge >= 0.3 is 0 Å². The van der Waals surface area contributed by atoms with Crippen molar-refractivity contribution in [2.45, 2.75) is 13.3 Å². The molecule has 0 N–H and O–H groups in total. The van der Waals surface area contributed by atoms with E-state index in [1.54, 1.807) is 25.2 Å². The van der Waals surface area contributed by atoms with Gasteiger partial charge in [0.1, 0.15) is 0 Å². The van der Waals surface area contributed by atoms with Crippen molar-refractivity contribution in [3.05, 3.63) is 47.6 Å². The van der Waals surface area contributed by atoms with E-state index >= 15 is 0 Å². The molecule has 94 valence electrons. The Bertz CT molecular complexity index is 486. The summed E-state index contributed by atoms with van der Waals surface area (Å²) >= 11 is 5.45. The fourth-order valence-corrected chi connectivity index (χ4v) is 2.65. The third kappa shape index (κ3) is 5.05. The molecule has 0 spiro atoms. The van der Waals surface area contributed by atoms with Crippen LogP contribution >= 0.6 is 20.2 Å². The molecule has 0 aromatic rings. The van der Waals surface area contributed by atoms with Gasteiger partial charge in [-0.1, -0.05) is 36.6 Å². The summed E-state index contributed by atoms with van der Waals surface area (Å²) in [5.41, 5.74) is 2.35. The van der Waals surface area contributed by atoms with Gasteiger partial charge in [0.25, 0.3) is 5.24 Å². The second kappa shape index (κ2) is 8.09. The number of halogens is 1. The molecule has 0 aliphatic carbocycles. The first kappa shape index (κ1) is 15.0. The zero-order chi connectivity index (χ0) is 13.4. The van der Waals surface area contributed by atoms with Crippen LogP contribution in [0.3, 0.4) is 0 Å². The van der Waals surface area contributed by atoms with Gasteiger partial charge in [-0.15, -0.1) is 8.58 Å². The molecule has 1 unspecified atom stereocenters. The van der Waals surface area contributed by atoms with Gasteiger partial charge in [0.2, 0.25) is 0 Å². The molecule has 0 radical (unpaired) electrons. The van der Waals surface area contributed by atoms with Crippen molar-refractivity contribution in [1.29, 1.82) is 0 Å². The summed E-state index contributed by atoms with van der Waals surface area (Å²) < 4.78 is 0. The summed E-state index contributed by atoms with van der Waals surface area (Å²) in [5.74, 6) is 6.17. The van der Waals surface area contributed by atoms with E-state index < -0.39 is 5.24 Å². The van der Waals surface area contributed by atoms with Crippen molar-refractivity contribution in [1.82, 2.24) is 0 Å². The number of allylic oxidation sites excluding steroid dienone is 7. The molecule has 0 fully saturated rings. The topological polar surface area (TPSA) is 17.1 Å². The molecule has 0 saturated heterocycles. The van der Waals surface area contributed by atoms with Crippen LogP contribution in [0.15, 0.2) is 47.6 Å². The summed E-state index contributed by atoms with van der Waals surface area (Å²) in [6.45, 7) is 5.47. The summed E-state index contributed by atoms with van der Waals surface area (Å²) in [4.78, 5) is 11.1. The van der Waals surface area contributed by atoms with E-state index in [1.807, 2.05) is 0 Å². The van der Waals surface area contributed by atoms with E-state index in [-0.39, 0.29) is 0 Å². The Balaban J connectivity index is 2.88. The van der Waals surface area contributed by atoms with Crippen molar-refractivity contribution in [2.75, 3.05) is 12.3 Å². The molecule has 1 nitrogen and oxygen atoms in total. The number of rotatable bonds is 3. The Labute approximate surface area is 115 Å². The average Bonchev–Trinajstić information content (AvgIpc) is 2.40. The zero-order valence-corrected chi connectivity index (χ0v) is 12.2. The maximum Gasteiger partial charge on any atom is 0.252 e. The molecule has 1 heterocycles. The number of carbonyl (C=O) groups excluding carboxylic acids is 1. The highest BCUT2D eigenvalue weighted by Crippen LogP contribution is 2.21. The van der Waals surface area contributed by atoms with Crippen LogP contribution in [0.25, 0.3) is 0 Å². The minimum Gasteiger partial charge on any atom is -0.276 e. The van der Waals surface area contributed by atoms with Crippen LogP contribution in [-0.4, -0.2) is 17.6 Å². The zero-order valence-electron chi connectivity index (χ0n) is 10.4. The molecular formula is C15H16ClOP. The Morgan fingerprint density at radius 1 is 1.61 bits per heavy atom. The maximum absolute atomic E-state index is 11.1. The van der Waals surface area contributed by atoms with Gasteiger partial charge in [-0.3, -0.25) is 4.79 Å². The summed E-state index contributed by atoms with van der Waals surface area (Å²) in [7, 11) is 0.975. The fourth-order valence-electron chi connectivity index (χ4n) is 1.46. The first-order valence-corrected chi connectivity index (χ1v) is 7.58. The smallest absolute Gasteiger partial charge is 0.252 e. The van der Waals surface area contributed by atoms with Gasteiger partial charge in [-0.2, -0.15) is 0 Å². The molecule has 0 bridgehead atoms. The van der Waals surface area contributed by atoms with Crippen molar-refractivity contribution >= 4 is 25.4 Å². The molecule has 1 atom stereocenters. The normalized spacial score (nSPS) is 17.8. The SMILES string of the molecule is C=C/C(C#CC1=CCCPC1)=C\C(=C/C)C(=O)Cl. The Hall–Kier alpha value is -1.09. The second-order valence-corrected chi connectivity index (χ2v) is 5.46. The van der Waals surface area contributed by atoms with Crippen molar-refractivity contribution in [3.8, 4) is 11.8 Å². The molecule has 0 aromatic heterocycles. The molecule has 1 rings (SSSR count). The standard InChI is InChI=1S/C15H16ClOP/c1-3-12(10-14(4-2)15(16)17)7-8-13-6-5-9-18-11-13/h3-4,6,10,18H,1,5,9,11H2,2H3/b12-10+,14-4+. The lowest BCUT2D eigenvalue weighted by Gasteiger charge is -2.06. The summed E-state index contributed by atoms with van der Waals surface area (Å²) in [6.07, 6.45) is 10.6. The molecule has 3 heteroatoms. The van der Waals surface area contributed by atoms with Crippen molar-refractivity contribution in [3.63, 3.8) is 0 Å². The summed E-state index contributed by atoms with van der Waals surface area (Å²) in [5, 5.41) is -0.475. The highest BCUT2D eigenvalue weighted by Gasteiger charge is 2.02. The van der Waals surface area contributed by atoms with Gasteiger partial charge in [-0.05, 0) is 43.3 Å². The molecule has 1 aliphatic heterocycles. The molecular weight excluding hydrogens is 263 g/mol. The van der Waals surface area contributed by atoms with Gasteiger partial charge in [0, 0.05) is 16.7 Å². The fraction of sp³-hybridized carbons (Fsp3) is 0.267. The summed E-state index contributed by atoms with van der Waals surface area (Å²) in [6, 6.07) is 0. The quantitative estimate of drug-likeness (QED) is 0.252. The third-order valence-corrected chi connectivity index (χ3v) is 3.95. The maximum atomic E-state index is 11.1. The molecule has 0 aromatic carbocycles. The Kier molecular flexibility index (Phi) is 6.73. The van der Waals surface area contributed by atoms with Crippen molar-refractivity contribution < 1.29 is 4.79 Å². The predicted molar refractivity (Wildman–Crippen MR) is 81.4 cm³/mol. The van der Waals surface area contributed by atoms with E-state index in [0.717, 1.165) is 21.2 Å².